The molecule has 1 amide bonds. The van der Waals surface area contributed by atoms with Crippen LogP contribution < -0.4 is 11.1 Å². The molecule has 0 aliphatic carbocycles. The van der Waals surface area contributed by atoms with Crippen LogP contribution in [0.2, 0.25) is 0 Å². The lowest BCUT2D eigenvalue weighted by molar-refractivity contribution is 0.102. The van der Waals surface area contributed by atoms with Gasteiger partial charge in [-0.3, -0.25) is 9.78 Å². The number of benzene rings is 1. The molecule has 1 aromatic carbocycles. The molecule has 0 spiro atoms. The molecule has 110 valence electrons. The molecule has 0 atom stereocenters. The van der Waals surface area contributed by atoms with Crippen molar-refractivity contribution in [3.05, 3.63) is 60.2 Å². The molecule has 3 N–H and O–H groups in total. The minimum absolute atomic E-state index is 0.0913. The van der Waals surface area contributed by atoms with Crippen molar-refractivity contribution in [2.75, 3.05) is 11.1 Å². The van der Waals surface area contributed by atoms with Gasteiger partial charge in [-0.05, 0) is 36.4 Å². The molecule has 0 aliphatic rings. The molecule has 22 heavy (non-hydrogen) atoms. The fraction of sp³-hybridized carbons (Fsp3) is 0. The van der Waals surface area contributed by atoms with Crippen molar-refractivity contribution in [1.82, 2.24) is 10.1 Å². The van der Waals surface area contributed by atoms with Gasteiger partial charge in [-0.15, -0.1) is 0 Å². The Morgan fingerprint density at radius 3 is 2.50 bits per heavy atom. The first-order valence-corrected chi connectivity index (χ1v) is 6.37. The minimum atomic E-state index is -0.489. The number of aromatic nitrogens is 2. The summed E-state index contributed by atoms with van der Waals surface area (Å²) >= 11 is 0. The molecular weight excluding hydrogens is 287 g/mol. The smallest absolute Gasteiger partial charge is 0.263 e. The van der Waals surface area contributed by atoms with Gasteiger partial charge in [-0.2, -0.15) is 0 Å². The third-order valence-electron chi connectivity index (χ3n) is 3.00. The normalized spacial score (nSPS) is 10.4. The van der Waals surface area contributed by atoms with Crippen LogP contribution in [-0.4, -0.2) is 16.0 Å². The van der Waals surface area contributed by atoms with Crippen molar-refractivity contribution in [3.8, 4) is 11.3 Å². The quantitative estimate of drug-likeness (QED) is 0.775. The monoisotopic (exact) mass is 298 g/mol. The summed E-state index contributed by atoms with van der Waals surface area (Å²) in [5, 5.41) is 6.44. The Morgan fingerprint density at radius 1 is 1.14 bits per heavy atom. The van der Waals surface area contributed by atoms with Crippen LogP contribution in [0.4, 0.5) is 16.0 Å². The van der Waals surface area contributed by atoms with E-state index >= 15 is 0 Å². The van der Waals surface area contributed by atoms with E-state index in [-0.39, 0.29) is 17.3 Å². The molecule has 2 heterocycles. The van der Waals surface area contributed by atoms with Gasteiger partial charge in [0, 0.05) is 23.6 Å². The second kappa shape index (κ2) is 5.65. The van der Waals surface area contributed by atoms with Gasteiger partial charge in [-0.25, -0.2) is 4.39 Å². The number of nitrogens with one attached hydrogen (secondary N) is 1. The van der Waals surface area contributed by atoms with E-state index in [1.54, 1.807) is 24.5 Å². The first kappa shape index (κ1) is 13.7. The van der Waals surface area contributed by atoms with Gasteiger partial charge >= 0.3 is 0 Å². The second-order valence-corrected chi connectivity index (χ2v) is 4.47. The van der Waals surface area contributed by atoms with E-state index < -0.39 is 5.91 Å². The zero-order valence-electron chi connectivity index (χ0n) is 11.3. The Balaban J connectivity index is 1.93. The van der Waals surface area contributed by atoms with E-state index in [1.807, 2.05) is 0 Å². The number of nitrogen functional groups attached to an aromatic ring is 1. The summed E-state index contributed by atoms with van der Waals surface area (Å²) < 4.78 is 17.8. The molecule has 0 saturated heterocycles. The highest BCUT2D eigenvalue weighted by molar-refractivity contribution is 6.10. The van der Waals surface area contributed by atoms with Crippen molar-refractivity contribution in [1.29, 1.82) is 0 Å². The zero-order valence-corrected chi connectivity index (χ0v) is 11.3. The highest BCUT2D eigenvalue weighted by Crippen LogP contribution is 2.27. The molecule has 0 radical (unpaired) electrons. The third-order valence-corrected chi connectivity index (χ3v) is 3.00. The molecule has 0 fully saturated rings. The molecule has 0 saturated carbocycles. The number of pyridine rings is 1. The van der Waals surface area contributed by atoms with Crippen molar-refractivity contribution < 1.29 is 13.7 Å². The van der Waals surface area contributed by atoms with Crippen molar-refractivity contribution in [2.45, 2.75) is 0 Å². The lowest BCUT2D eigenvalue weighted by atomic mass is 10.1. The molecular formula is C15H11FN4O2. The van der Waals surface area contributed by atoms with Crippen LogP contribution in [0.1, 0.15) is 10.4 Å². The number of amides is 1. The fourth-order valence-corrected chi connectivity index (χ4v) is 1.96. The van der Waals surface area contributed by atoms with Gasteiger partial charge in [0.05, 0.1) is 0 Å². The van der Waals surface area contributed by atoms with Crippen LogP contribution in [0.5, 0.6) is 0 Å². The van der Waals surface area contributed by atoms with Crippen LogP contribution in [0, 0.1) is 5.82 Å². The number of halogens is 1. The third kappa shape index (κ3) is 2.64. The van der Waals surface area contributed by atoms with Crippen molar-refractivity contribution >= 4 is 17.5 Å². The number of anilines is 2. The number of rotatable bonds is 3. The van der Waals surface area contributed by atoms with Gasteiger partial charge in [0.15, 0.2) is 0 Å². The van der Waals surface area contributed by atoms with Crippen LogP contribution in [0.3, 0.4) is 0 Å². The summed E-state index contributed by atoms with van der Waals surface area (Å²) in [6.45, 7) is 0. The number of nitrogens with zero attached hydrogens (tertiary/aromatic N) is 2. The first-order chi connectivity index (χ1) is 10.6. The van der Waals surface area contributed by atoms with Gasteiger partial charge in [0.2, 0.25) is 5.88 Å². The Kier molecular flexibility index (Phi) is 3.53. The Morgan fingerprint density at radius 2 is 1.82 bits per heavy atom. The Labute approximate surface area is 124 Å². The van der Waals surface area contributed by atoms with Gasteiger partial charge in [-0.1, -0.05) is 5.16 Å². The average molecular weight is 298 g/mol. The summed E-state index contributed by atoms with van der Waals surface area (Å²) in [5.41, 5.74) is 7.22. The first-order valence-electron chi connectivity index (χ1n) is 6.37. The number of nitrogens with two attached hydrogens (primary N) is 1. The van der Waals surface area contributed by atoms with Crippen LogP contribution in [0.25, 0.3) is 11.3 Å². The van der Waals surface area contributed by atoms with E-state index in [0.717, 1.165) is 0 Å². The van der Waals surface area contributed by atoms with E-state index in [4.69, 9.17) is 10.3 Å². The van der Waals surface area contributed by atoms with Gasteiger partial charge in [0.25, 0.3) is 5.91 Å². The van der Waals surface area contributed by atoms with Crippen molar-refractivity contribution in [3.63, 3.8) is 0 Å². The maximum Gasteiger partial charge on any atom is 0.263 e. The van der Waals surface area contributed by atoms with E-state index in [2.05, 4.69) is 15.5 Å². The lowest BCUT2D eigenvalue weighted by Gasteiger charge is -2.05. The topological polar surface area (TPSA) is 94.0 Å². The molecule has 7 heteroatoms. The highest BCUT2D eigenvalue weighted by Gasteiger charge is 2.22. The maximum absolute atomic E-state index is 12.9. The van der Waals surface area contributed by atoms with Crippen LogP contribution in [-0.2, 0) is 0 Å². The zero-order chi connectivity index (χ0) is 15.5. The summed E-state index contributed by atoms with van der Waals surface area (Å²) in [7, 11) is 0. The second-order valence-electron chi connectivity index (χ2n) is 4.47. The highest BCUT2D eigenvalue weighted by atomic mass is 19.1. The van der Waals surface area contributed by atoms with E-state index in [0.29, 0.717) is 16.9 Å². The molecule has 3 aromatic rings. The summed E-state index contributed by atoms with van der Waals surface area (Å²) in [6.07, 6.45) is 3.14. The summed E-state index contributed by atoms with van der Waals surface area (Å²) in [6, 6.07) is 8.76. The number of hydrogen-bond donors (Lipinski definition) is 2. The standard InChI is InChI=1S/C15H11FN4O2/c16-10-1-3-11(4-2-10)19-15(21)12-13(20-22-14(12)17)9-5-7-18-8-6-9/h1-8H,17H2,(H,19,21). The summed E-state index contributed by atoms with van der Waals surface area (Å²) in [5.74, 6) is -0.969. The molecule has 3 rings (SSSR count). The number of carbonyl (C=O) groups excluding carboxylic acids is 1. The lowest BCUT2D eigenvalue weighted by Crippen LogP contribution is -2.14. The SMILES string of the molecule is Nc1onc(-c2ccncc2)c1C(=O)Nc1ccc(F)cc1. The Bertz CT molecular complexity index is 800. The fourth-order valence-electron chi connectivity index (χ4n) is 1.96. The van der Waals surface area contributed by atoms with Gasteiger partial charge < -0.3 is 15.6 Å². The van der Waals surface area contributed by atoms with Crippen molar-refractivity contribution in [2.24, 2.45) is 0 Å². The minimum Gasteiger partial charge on any atom is -0.367 e. The molecule has 2 aromatic heterocycles. The molecule has 6 nitrogen and oxygen atoms in total. The average Bonchev–Trinajstić information content (AvgIpc) is 2.92. The maximum atomic E-state index is 12.9. The van der Waals surface area contributed by atoms with E-state index in [9.17, 15) is 9.18 Å². The summed E-state index contributed by atoms with van der Waals surface area (Å²) in [4.78, 5) is 16.3. The predicted octanol–water partition coefficient (Wildman–Crippen LogP) is 2.71. The number of hydrogen-bond acceptors (Lipinski definition) is 5. The molecule has 0 unspecified atom stereocenters. The predicted molar refractivity (Wildman–Crippen MR) is 78.5 cm³/mol. The largest absolute Gasteiger partial charge is 0.367 e. The van der Waals surface area contributed by atoms with Crippen LogP contribution >= 0.6 is 0 Å². The van der Waals surface area contributed by atoms with E-state index in [1.165, 1.54) is 24.3 Å². The van der Waals surface area contributed by atoms with Gasteiger partial charge in [0.1, 0.15) is 17.1 Å². The van der Waals surface area contributed by atoms with Crippen LogP contribution in [0.15, 0.2) is 53.3 Å². The molecule has 0 aliphatic heterocycles. The number of carbonyl (C=O) groups is 1. The molecule has 0 bridgehead atoms. The Hall–Kier alpha value is -3.22.